The van der Waals surface area contributed by atoms with Gasteiger partial charge in [0.15, 0.2) is 5.82 Å². The lowest BCUT2D eigenvalue weighted by molar-refractivity contribution is 0.105. The molecule has 3 heterocycles. The SMILES string of the molecule is [C-]#[N+]c1sc2c(c1Cc1ccccc1)COCc1nnc(C)n1-2. The average Bonchev–Trinajstić information content (AvgIpc) is 3.03. The van der Waals surface area contributed by atoms with Crippen LogP contribution in [0.25, 0.3) is 9.85 Å². The highest BCUT2D eigenvalue weighted by Crippen LogP contribution is 2.42. The highest BCUT2D eigenvalue weighted by Gasteiger charge is 2.25. The third kappa shape index (κ3) is 2.34. The summed E-state index contributed by atoms with van der Waals surface area (Å²) >= 11 is 1.50. The zero-order valence-corrected chi connectivity index (χ0v) is 13.4. The summed E-state index contributed by atoms with van der Waals surface area (Å²) in [6, 6.07) is 10.2. The summed E-state index contributed by atoms with van der Waals surface area (Å²) in [6.07, 6.45) is 0.740. The largest absolute Gasteiger partial charge is 0.369 e. The van der Waals surface area contributed by atoms with Crippen molar-refractivity contribution >= 4 is 16.3 Å². The standard InChI is InChI=1S/C17H14N4OS/c1-11-19-20-15-10-22-9-14-13(8-12-6-4-3-5-7-12)16(18-2)23-17(14)21(11)15/h3-7H,8-10H2,1H3. The molecule has 0 saturated carbocycles. The van der Waals surface area contributed by atoms with E-state index in [0.717, 1.165) is 39.2 Å². The molecular weight excluding hydrogens is 308 g/mol. The van der Waals surface area contributed by atoms with E-state index in [-0.39, 0.29) is 0 Å². The van der Waals surface area contributed by atoms with E-state index < -0.39 is 0 Å². The van der Waals surface area contributed by atoms with Crippen LogP contribution < -0.4 is 0 Å². The van der Waals surface area contributed by atoms with Crippen LogP contribution in [0.2, 0.25) is 0 Å². The molecule has 4 rings (SSSR count). The number of aromatic nitrogens is 3. The van der Waals surface area contributed by atoms with Crippen molar-refractivity contribution in [3.05, 3.63) is 70.1 Å². The molecule has 23 heavy (non-hydrogen) atoms. The highest BCUT2D eigenvalue weighted by molar-refractivity contribution is 7.19. The van der Waals surface area contributed by atoms with E-state index in [1.54, 1.807) is 0 Å². The van der Waals surface area contributed by atoms with E-state index in [9.17, 15) is 0 Å². The van der Waals surface area contributed by atoms with E-state index in [0.29, 0.717) is 13.2 Å². The number of rotatable bonds is 2. The average molecular weight is 322 g/mol. The van der Waals surface area contributed by atoms with Crippen LogP contribution in [0.15, 0.2) is 30.3 Å². The van der Waals surface area contributed by atoms with Gasteiger partial charge < -0.3 is 4.74 Å². The Hall–Kier alpha value is -2.49. The van der Waals surface area contributed by atoms with E-state index in [2.05, 4.69) is 27.2 Å². The van der Waals surface area contributed by atoms with Gasteiger partial charge in [-0.15, -0.1) is 21.5 Å². The van der Waals surface area contributed by atoms with Crippen molar-refractivity contribution in [2.75, 3.05) is 0 Å². The predicted molar refractivity (Wildman–Crippen MR) is 88.0 cm³/mol. The van der Waals surface area contributed by atoms with Crippen LogP contribution in [0.1, 0.15) is 28.3 Å². The minimum Gasteiger partial charge on any atom is -0.369 e. The fourth-order valence-electron chi connectivity index (χ4n) is 2.88. The number of nitrogens with zero attached hydrogens (tertiary/aromatic N) is 4. The number of hydrogen-bond acceptors (Lipinski definition) is 4. The van der Waals surface area contributed by atoms with Gasteiger partial charge in [-0.05, 0) is 24.5 Å². The molecule has 0 atom stereocenters. The van der Waals surface area contributed by atoms with Gasteiger partial charge in [-0.1, -0.05) is 30.3 Å². The van der Waals surface area contributed by atoms with Gasteiger partial charge in [0.25, 0.3) is 0 Å². The molecule has 5 nitrogen and oxygen atoms in total. The predicted octanol–water partition coefficient (Wildman–Crippen LogP) is 3.81. The molecule has 1 aromatic carbocycles. The maximum atomic E-state index is 7.54. The Morgan fingerprint density at radius 1 is 1.26 bits per heavy atom. The smallest absolute Gasteiger partial charge is 0.246 e. The molecule has 1 aliphatic heterocycles. The maximum Gasteiger partial charge on any atom is 0.246 e. The molecule has 0 amide bonds. The van der Waals surface area contributed by atoms with Crippen molar-refractivity contribution < 1.29 is 4.74 Å². The van der Waals surface area contributed by atoms with Gasteiger partial charge in [-0.25, -0.2) is 4.85 Å². The summed E-state index contributed by atoms with van der Waals surface area (Å²) in [7, 11) is 0. The molecule has 114 valence electrons. The molecular formula is C17H14N4OS. The molecule has 0 saturated heterocycles. The van der Waals surface area contributed by atoms with E-state index >= 15 is 0 Å². The first-order chi connectivity index (χ1) is 11.3. The summed E-state index contributed by atoms with van der Waals surface area (Å²) in [5, 5.41) is 10.1. The topological polar surface area (TPSA) is 44.3 Å². The van der Waals surface area contributed by atoms with Gasteiger partial charge >= 0.3 is 0 Å². The van der Waals surface area contributed by atoms with Gasteiger partial charge in [-0.2, -0.15) is 0 Å². The number of aryl methyl sites for hydroxylation is 1. The van der Waals surface area contributed by atoms with Crippen molar-refractivity contribution in [1.82, 2.24) is 14.8 Å². The van der Waals surface area contributed by atoms with Gasteiger partial charge in [-0.3, -0.25) is 4.57 Å². The third-order valence-corrected chi connectivity index (χ3v) is 5.13. The molecule has 2 aromatic heterocycles. The monoisotopic (exact) mass is 322 g/mol. The second kappa shape index (κ2) is 5.61. The zero-order valence-electron chi connectivity index (χ0n) is 12.6. The second-order valence-electron chi connectivity index (χ2n) is 5.44. The van der Waals surface area contributed by atoms with Crippen molar-refractivity contribution in [1.29, 1.82) is 0 Å². The molecule has 0 radical (unpaired) electrons. The number of benzene rings is 1. The fraction of sp³-hybridized carbons (Fsp3) is 0.235. The molecule has 0 bridgehead atoms. The Labute approximate surface area is 138 Å². The normalized spacial score (nSPS) is 13.0. The van der Waals surface area contributed by atoms with Crippen molar-refractivity contribution in [2.45, 2.75) is 26.6 Å². The molecule has 0 N–H and O–H groups in total. The Morgan fingerprint density at radius 2 is 2.09 bits per heavy atom. The van der Waals surface area contributed by atoms with Crippen LogP contribution in [0, 0.1) is 13.5 Å². The minimum atomic E-state index is 0.445. The van der Waals surface area contributed by atoms with Crippen molar-refractivity contribution in [3.63, 3.8) is 0 Å². The van der Waals surface area contributed by atoms with Crippen LogP contribution in [0.4, 0.5) is 5.00 Å². The Morgan fingerprint density at radius 3 is 2.87 bits per heavy atom. The van der Waals surface area contributed by atoms with E-state index in [1.807, 2.05) is 29.7 Å². The number of fused-ring (bicyclic) bond motifs is 3. The van der Waals surface area contributed by atoms with Gasteiger partial charge in [0.05, 0.1) is 18.2 Å². The molecule has 0 spiro atoms. The third-order valence-electron chi connectivity index (χ3n) is 3.97. The first-order valence-electron chi connectivity index (χ1n) is 7.33. The molecule has 0 aliphatic carbocycles. The lowest BCUT2D eigenvalue weighted by atomic mass is 10.0. The van der Waals surface area contributed by atoms with Gasteiger partial charge in [0.2, 0.25) is 5.00 Å². The number of ether oxygens (including phenoxy) is 1. The van der Waals surface area contributed by atoms with Gasteiger partial charge in [0.1, 0.15) is 12.4 Å². The molecule has 6 heteroatoms. The summed E-state index contributed by atoms with van der Waals surface area (Å²) in [6.45, 7) is 10.4. The molecule has 1 aliphatic rings. The first-order valence-corrected chi connectivity index (χ1v) is 8.14. The van der Waals surface area contributed by atoms with Crippen LogP contribution in [0.3, 0.4) is 0 Å². The summed E-state index contributed by atoms with van der Waals surface area (Å²) in [4.78, 5) is 3.75. The Bertz CT molecular complexity index is 905. The highest BCUT2D eigenvalue weighted by atomic mass is 32.1. The molecule has 3 aromatic rings. The molecule has 0 unspecified atom stereocenters. The van der Waals surface area contributed by atoms with Crippen molar-refractivity contribution in [3.8, 4) is 5.00 Å². The number of thiophene rings is 1. The van der Waals surface area contributed by atoms with Crippen LogP contribution in [-0.2, 0) is 24.4 Å². The fourth-order valence-corrected chi connectivity index (χ4v) is 4.06. The Balaban J connectivity index is 1.88. The minimum absolute atomic E-state index is 0.445. The van der Waals surface area contributed by atoms with Crippen LogP contribution >= 0.6 is 11.3 Å². The van der Waals surface area contributed by atoms with Crippen LogP contribution in [0.5, 0.6) is 0 Å². The Kier molecular flexibility index (Phi) is 3.45. The lowest BCUT2D eigenvalue weighted by Crippen LogP contribution is -2.00. The quantitative estimate of drug-likeness (QED) is 0.674. The molecule has 0 fully saturated rings. The first kappa shape index (κ1) is 14.1. The zero-order chi connectivity index (χ0) is 15.8. The van der Waals surface area contributed by atoms with E-state index in [1.165, 1.54) is 16.9 Å². The van der Waals surface area contributed by atoms with Gasteiger partial charge in [0, 0.05) is 5.56 Å². The summed E-state index contributed by atoms with van der Waals surface area (Å²) in [5.41, 5.74) is 3.35. The van der Waals surface area contributed by atoms with Crippen LogP contribution in [-0.4, -0.2) is 14.8 Å². The van der Waals surface area contributed by atoms with Crippen molar-refractivity contribution in [2.24, 2.45) is 0 Å². The summed E-state index contributed by atoms with van der Waals surface area (Å²) in [5.74, 6) is 1.63. The summed E-state index contributed by atoms with van der Waals surface area (Å²) < 4.78 is 7.80. The second-order valence-corrected chi connectivity index (χ2v) is 6.41. The maximum absolute atomic E-state index is 7.54. The lowest BCUT2D eigenvalue weighted by Gasteiger charge is -2.07. The van der Waals surface area contributed by atoms with E-state index in [4.69, 9.17) is 11.3 Å². The number of hydrogen-bond donors (Lipinski definition) is 0.